The van der Waals surface area contributed by atoms with Gasteiger partial charge in [0.05, 0.1) is 11.3 Å². The number of aromatic nitrogens is 5. The van der Waals surface area contributed by atoms with Crippen LogP contribution in [0.15, 0.2) is 55.0 Å². The molecule has 0 radical (unpaired) electrons. The number of nitrogens with zero attached hydrogens (tertiary/aromatic N) is 6. The number of piperazine rings is 1. The lowest BCUT2D eigenvalue weighted by molar-refractivity contribution is 0.0664. The van der Waals surface area contributed by atoms with Gasteiger partial charge in [0.2, 0.25) is 5.95 Å². The molecule has 9 nitrogen and oxygen atoms in total. The summed E-state index contributed by atoms with van der Waals surface area (Å²) in [5.74, 6) is 1.53. The fraction of sp³-hybridized carbons (Fsp3) is 0.348. The van der Waals surface area contributed by atoms with Gasteiger partial charge in [0.1, 0.15) is 24.8 Å². The second kappa shape index (κ2) is 8.97. The molecular weight excluding hydrogens is 406 g/mol. The summed E-state index contributed by atoms with van der Waals surface area (Å²) < 4.78 is 7.92. The van der Waals surface area contributed by atoms with Crippen molar-refractivity contribution in [1.82, 2.24) is 29.9 Å². The van der Waals surface area contributed by atoms with Crippen molar-refractivity contribution in [2.75, 3.05) is 44.2 Å². The third-order valence-electron chi connectivity index (χ3n) is 5.83. The van der Waals surface area contributed by atoms with Crippen molar-refractivity contribution < 1.29 is 9.84 Å². The molecule has 1 aliphatic rings. The molecule has 0 saturated carbocycles. The molecule has 2 aromatic carbocycles. The highest BCUT2D eigenvalue weighted by molar-refractivity contribution is 5.98. The number of fused-ring (bicyclic) bond motifs is 1. The average molecular weight is 434 g/mol. The van der Waals surface area contributed by atoms with Gasteiger partial charge in [-0.15, -0.1) is 0 Å². The lowest BCUT2D eigenvalue weighted by Gasteiger charge is -2.35. The Morgan fingerprint density at radius 2 is 1.94 bits per heavy atom. The molecule has 0 aliphatic carbocycles. The van der Waals surface area contributed by atoms with Crippen LogP contribution in [0, 0.1) is 0 Å². The van der Waals surface area contributed by atoms with Crippen molar-refractivity contribution in [2.24, 2.45) is 7.05 Å². The molecule has 0 spiro atoms. The Balaban J connectivity index is 1.24. The van der Waals surface area contributed by atoms with Gasteiger partial charge >= 0.3 is 0 Å². The number of rotatable bonds is 7. The average Bonchev–Trinajstić information content (AvgIpc) is 3.50. The molecular formula is C23H27N7O2. The summed E-state index contributed by atoms with van der Waals surface area (Å²) >= 11 is 0. The van der Waals surface area contributed by atoms with E-state index in [9.17, 15) is 5.11 Å². The summed E-state index contributed by atoms with van der Waals surface area (Å²) in [6.07, 6.45) is 2.86. The van der Waals surface area contributed by atoms with E-state index in [0.29, 0.717) is 6.54 Å². The number of aryl methyl sites for hydroxylation is 1. The predicted octanol–water partition coefficient (Wildman–Crippen LogP) is 1.92. The summed E-state index contributed by atoms with van der Waals surface area (Å²) in [5.41, 5.74) is 1.81. The first-order chi connectivity index (χ1) is 15.7. The number of ether oxygens (including phenoxy) is 1. The smallest absolute Gasteiger partial charge is 0.221 e. The van der Waals surface area contributed by atoms with Crippen LogP contribution < -0.4 is 9.64 Å². The Kier molecular flexibility index (Phi) is 5.74. The van der Waals surface area contributed by atoms with Crippen LogP contribution in [0.5, 0.6) is 5.75 Å². The number of benzene rings is 2. The standard InChI is InChI=1S/C23H27N7O2/c1-28-9-8-20(27-28)22-19-5-3-2-4-17(19)6-7-21(22)32-15-18(31)14-29-10-12-30(13-11-29)23-24-16-25-26-23/h2-9,16,18,31H,10-15H2,1H3,(H,24,25,26). The second-order valence-corrected chi connectivity index (χ2v) is 8.10. The number of β-amino-alcohol motifs (C(OH)–C–C–N with tert-alkyl or cyclic N) is 1. The predicted molar refractivity (Wildman–Crippen MR) is 123 cm³/mol. The quantitative estimate of drug-likeness (QED) is 0.460. The molecule has 1 fully saturated rings. The molecule has 2 aromatic heterocycles. The molecule has 3 heterocycles. The van der Waals surface area contributed by atoms with Gasteiger partial charge in [0.15, 0.2) is 0 Å². The van der Waals surface area contributed by atoms with Gasteiger partial charge in [-0.3, -0.25) is 9.58 Å². The van der Waals surface area contributed by atoms with Gasteiger partial charge in [0.25, 0.3) is 0 Å². The molecule has 166 valence electrons. The van der Waals surface area contributed by atoms with Crippen molar-refractivity contribution in [2.45, 2.75) is 6.10 Å². The summed E-state index contributed by atoms with van der Waals surface area (Å²) in [7, 11) is 1.90. The number of H-pyrrole nitrogens is 1. The van der Waals surface area contributed by atoms with Crippen molar-refractivity contribution in [3.05, 3.63) is 55.0 Å². The maximum Gasteiger partial charge on any atom is 0.221 e. The molecule has 32 heavy (non-hydrogen) atoms. The molecule has 0 bridgehead atoms. The Morgan fingerprint density at radius 3 is 2.69 bits per heavy atom. The fourth-order valence-corrected chi connectivity index (χ4v) is 4.21. The van der Waals surface area contributed by atoms with Crippen LogP contribution in [-0.2, 0) is 7.05 Å². The highest BCUT2D eigenvalue weighted by atomic mass is 16.5. The summed E-state index contributed by atoms with van der Waals surface area (Å²) in [6, 6.07) is 14.2. The van der Waals surface area contributed by atoms with E-state index in [2.05, 4.69) is 42.2 Å². The van der Waals surface area contributed by atoms with Gasteiger partial charge in [-0.25, -0.2) is 5.10 Å². The SMILES string of the molecule is Cn1ccc(-c2c(OCC(O)CN3CCN(c4ncn[nH]4)CC3)ccc3ccccc23)n1. The highest BCUT2D eigenvalue weighted by Crippen LogP contribution is 2.36. The molecule has 2 N–H and O–H groups in total. The topological polar surface area (TPSA) is 95.3 Å². The van der Waals surface area contributed by atoms with Crippen molar-refractivity contribution in [3.63, 3.8) is 0 Å². The van der Waals surface area contributed by atoms with Gasteiger partial charge in [-0.2, -0.15) is 15.2 Å². The van der Waals surface area contributed by atoms with E-state index in [4.69, 9.17) is 4.74 Å². The molecule has 0 amide bonds. The van der Waals surface area contributed by atoms with Crippen LogP contribution in [0.1, 0.15) is 0 Å². The van der Waals surface area contributed by atoms with Gasteiger partial charge in [-0.05, 0) is 22.9 Å². The summed E-state index contributed by atoms with van der Waals surface area (Å²) in [4.78, 5) is 8.63. The first-order valence-corrected chi connectivity index (χ1v) is 10.8. The van der Waals surface area contributed by atoms with Crippen LogP contribution in [0.4, 0.5) is 5.95 Å². The lowest BCUT2D eigenvalue weighted by Crippen LogP contribution is -2.49. The van der Waals surface area contributed by atoms with Gasteiger partial charge in [-0.1, -0.05) is 30.3 Å². The molecule has 1 atom stereocenters. The Labute approximate surface area is 186 Å². The second-order valence-electron chi connectivity index (χ2n) is 8.10. The zero-order valence-corrected chi connectivity index (χ0v) is 18.1. The van der Waals surface area contributed by atoms with E-state index in [-0.39, 0.29) is 6.61 Å². The first-order valence-electron chi connectivity index (χ1n) is 10.8. The molecule has 1 aliphatic heterocycles. The van der Waals surface area contributed by atoms with Crippen LogP contribution in [0.3, 0.4) is 0 Å². The molecule has 9 heteroatoms. The number of aliphatic hydroxyl groups is 1. The maximum atomic E-state index is 10.7. The zero-order chi connectivity index (χ0) is 21.9. The maximum absolute atomic E-state index is 10.7. The summed E-state index contributed by atoms with van der Waals surface area (Å²) in [5, 5.41) is 24.3. The number of hydrogen-bond donors (Lipinski definition) is 2. The number of nitrogens with one attached hydrogen (secondary N) is 1. The van der Waals surface area contributed by atoms with E-state index in [1.54, 1.807) is 4.68 Å². The summed E-state index contributed by atoms with van der Waals surface area (Å²) in [6.45, 7) is 4.19. The van der Waals surface area contributed by atoms with Gasteiger partial charge < -0.3 is 14.7 Å². The van der Waals surface area contributed by atoms with E-state index in [1.807, 2.05) is 43.6 Å². The minimum atomic E-state index is -0.588. The van der Waals surface area contributed by atoms with Crippen molar-refractivity contribution in [1.29, 1.82) is 0 Å². The lowest BCUT2D eigenvalue weighted by atomic mass is 10.0. The van der Waals surface area contributed by atoms with E-state index >= 15 is 0 Å². The van der Waals surface area contributed by atoms with E-state index in [1.165, 1.54) is 6.33 Å². The minimum absolute atomic E-state index is 0.223. The Bertz CT molecular complexity index is 1170. The minimum Gasteiger partial charge on any atom is -0.490 e. The van der Waals surface area contributed by atoms with Gasteiger partial charge in [0, 0.05) is 46.0 Å². The van der Waals surface area contributed by atoms with Crippen molar-refractivity contribution in [3.8, 4) is 17.0 Å². The Hall–Kier alpha value is -3.43. The van der Waals surface area contributed by atoms with Crippen LogP contribution >= 0.6 is 0 Å². The molecule has 4 aromatic rings. The van der Waals surface area contributed by atoms with Crippen molar-refractivity contribution >= 4 is 16.7 Å². The Morgan fingerprint density at radius 1 is 1.09 bits per heavy atom. The third-order valence-corrected chi connectivity index (χ3v) is 5.83. The monoisotopic (exact) mass is 433 g/mol. The molecule has 5 rings (SSSR count). The van der Waals surface area contributed by atoms with Crippen LogP contribution in [-0.4, -0.2) is 80.4 Å². The number of aromatic amines is 1. The molecule has 1 unspecified atom stereocenters. The zero-order valence-electron chi connectivity index (χ0n) is 18.1. The fourth-order valence-electron chi connectivity index (χ4n) is 4.21. The highest BCUT2D eigenvalue weighted by Gasteiger charge is 2.21. The number of aliphatic hydroxyl groups excluding tert-OH is 1. The normalized spacial score (nSPS) is 15.9. The third kappa shape index (κ3) is 4.30. The van der Waals surface area contributed by atoms with E-state index < -0.39 is 6.10 Å². The van der Waals surface area contributed by atoms with E-state index in [0.717, 1.165) is 59.9 Å². The van der Waals surface area contributed by atoms with Crippen LogP contribution in [0.25, 0.3) is 22.0 Å². The molecule has 1 saturated heterocycles. The number of hydrogen-bond acceptors (Lipinski definition) is 7. The largest absolute Gasteiger partial charge is 0.490 e. The van der Waals surface area contributed by atoms with Crippen LogP contribution in [0.2, 0.25) is 0 Å². The number of anilines is 1. The first kappa shape index (κ1) is 20.5.